The van der Waals surface area contributed by atoms with Crippen LogP contribution >= 0.6 is 0 Å². The van der Waals surface area contributed by atoms with Gasteiger partial charge in [-0.1, -0.05) is 30.3 Å². The van der Waals surface area contributed by atoms with E-state index in [2.05, 4.69) is 55.1 Å². The van der Waals surface area contributed by atoms with E-state index in [1.165, 1.54) is 5.56 Å². The van der Waals surface area contributed by atoms with E-state index in [9.17, 15) is 0 Å². The first kappa shape index (κ1) is 17.0. The van der Waals surface area contributed by atoms with Gasteiger partial charge in [-0.25, -0.2) is 9.97 Å². The third-order valence-corrected chi connectivity index (χ3v) is 5.49. The number of nitrogens with zero attached hydrogens (tertiary/aromatic N) is 4. The van der Waals surface area contributed by atoms with Gasteiger partial charge in [-0.2, -0.15) is 0 Å². The number of ether oxygens (including phenoxy) is 1. The van der Waals surface area contributed by atoms with Crippen LogP contribution in [0.1, 0.15) is 5.56 Å². The predicted molar refractivity (Wildman–Crippen MR) is 112 cm³/mol. The Morgan fingerprint density at radius 3 is 2.61 bits per heavy atom. The molecule has 0 unspecified atom stereocenters. The summed E-state index contributed by atoms with van der Waals surface area (Å²) in [4.78, 5) is 17.5. The van der Waals surface area contributed by atoms with E-state index >= 15 is 0 Å². The van der Waals surface area contributed by atoms with Crippen LogP contribution in [-0.2, 0) is 6.54 Å². The molecule has 0 aliphatic carbocycles. The Morgan fingerprint density at radius 2 is 1.82 bits per heavy atom. The number of aromatic nitrogens is 3. The standard InChI is InChI=1S/C22H23N5O/c1-28-17-7-8-19-18(13-17)20-21(25-19)22(24-15-23-20)27-11-9-26(10-12-27)14-16-5-3-2-4-6-16/h2-8,13,15,25H,9-12,14H2,1H3. The first-order valence-electron chi connectivity index (χ1n) is 9.63. The molecule has 0 bridgehead atoms. The van der Waals surface area contributed by atoms with Gasteiger partial charge >= 0.3 is 0 Å². The van der Waals surface area contributed by atoms with Crippen molar-refractivity contribution >= 4 is 27.8 Å². The minimum atomic E-state index is 0.836. The van der Waals surface area contributed by atoms with E-state index in [-0.39, 0.29) is 0 Å². The third kappa shape index (κ3) is 3.05. The Hall–Kier alpha value is -3.12. The van der Waals surface area contributed by atoms with Gasteiger partial charge < -0.3 is 14.6 Å². The number of H-pyrrole nitrogens is 1. The van der Waals surface area contributed by atoms with Crippen LogP contribution in [0.5, 0.6) is 5.75 Å². The van der Waals surface area contributed by atoms with Gasteiger partial charge in [0.2, 0.25) is 0 Å². The molecule has 6 nitrogen and oxygen atoms in total. The lowest BCUT2D eigenvalue weighted by Crippen LogP contribution is -2.46. The second-order valence-electron chi connectivity index (χ2n) is 7.21. The van der Waals surface area contributed by atoms with Crippen LogP contribution in [-0.4, -0.2) is 53.1 Å². The van der Waals surface area contributed by atoms with E-state index in [0.717, 1.165) is 66.2 Å². The van der Waals surface area contributed by atoms with Gasteiger partial charge in [-0.3, -0.25) is 4.90 Å². The van der Waals surface area contributed by atoms with Crippen molar-refractivity contribution in [3.8, 4) is 5.75 Å². The summed E-state index contributed by atoms with van der Waals surface area (Å²) >= 11 is 0. The van der Waals surface area contributed by atoms with Crippen molar-refractivity contribution in [1.29, 1.82) is 0 Å². The van der Waals surface area contributed by atoms with Crippen molar-refractivity contribution in [3.05, 3.63) is 60.4 Å². The quantitative estimate of drug-likeness (QED) is 0.594. The molecule has 2 aromatic heterocycles. The molecule has 5 rings (SSSR count). The van der Waals surface area contributed by atoms with Gasteiger partial charge in [0.1, 0.15) is 23.1 Å². The average molecular weight is 373 g/mol. The first-order chi connectivity index (χ1) is 13.8. The number of aromatic amines is 1. The number of fused-ring (bicyclic) bond motifs is 3. The SMILES string of the molecule is COc1ccc2[nH]c3c(N4CCN(Cc5ccccc5)CC4)ncnc3c2c1. The van der Waals surface area contributed by atoms with Crippen LogP contribution in [0, 0.1) is 0 Å². The minimum absolute atomic E-state index is 0.836. The largest absolute Gasteiger partial charge is 0.497 e. The summed E-state index contributed by atoms with van der Waals surface area (Å²) < 4.78 is 5.37. The molecule has 0 saturated carbocycles. The monoisotopic (exact) mass is 373 g/mol. The van der Waals surface area contributed by atoms with Gasteiger partial charge in [0.15, 0.2) is 5.82 Å². The molecule has 1 aliphatic heterocycles. The number of hydrogen-bond donors (Lipinski definition) is 1. The molecule has 1 N–H and O–H groups in total. The second kappa shape index (κ2) is 7.13. The normalized spacial score (nSPS) is 15.4. The maximum atomic E-state index is 5.37. The van der Waals surface area contributed by atoms with Crippen molar-refractivity contribution in [2.24, 2.45) is 0 Å². The number of piperazine rings is 1. The molecule has 6 heteroatoms. The average Bonchev–Trinajstić information content (AvgIpc) is 3.13. The lowest BCUT2D eigenvalue weighted by molar-refractivity contribution is 0.249. The zero-order valence-electron chi connectivity index (χ0n) is 15.9. The Morgan fingerprint density at radius 1 is 1.00 bits per heavy atom. The van der Waals surface area contributed by atoms with Crippen molar-refractivity contribution in [3.63, 3.8) is 0 Å². The molecule has 4 aromatic rings. The summed E-state index contributed by atoms with van der Waals surface area (Å²) in [6.07, 6.45) is 1.67. The van der Waals surface area contributed by atoms with Gasteiger partial charge in [0.05, 0.1) is 7.11 Å². The van der Waals surface area contributed by atoms with Crippen molar-refractivity contribution in [2.75, 3.05) is 38.2 Å². The summed E-state index contributed by atoms with van der Waals surface area (Å²) in [5.74, 6) is 1.82. The number of benzene rings is 2. The number of methoxy groups -OCH3 is 1. The fourth-order valence-corrected chi connectivity index (χ4v) is 3.98. The molecule has 1 aliphatic rings. The predicted octanol–water partition coefficient (Wildman–Crippen LogP) is 3.44. The Kier molecular flexibility index (Phi) is 4.33. The Bertz CT molecular complexity index is 1100. The van der Waals surface area contributed by atoms with Gasteiger partial charge in [0.25, 0.3) is 0 Å². The van der Waals surface area contributed by atoms with Crippen LogP contribution < -0.4 is 9.64 Å². The van der Waals surface area contributed by atoms with Crippen LogP contribution in [0.2, 0.25) is 0 Å². The molecule has 0 radical (unpaired) electrons. The van der Waals surface area contributed by atoms with E-state index in [1.54, 1.807) is 13.4 Å². The highest BCUT2D eigenvalue weighted by molar-refractivity contribution is 6.08. The molecular formula is C22H23N5O. The highest BCUT2D eigenvalue weighted by atomic mass is 16.5. The fraction of sp³-hybridized carbons (Fsp3) is 0.273. The van der Waals surface area contributed by atoms with E-state index < -0.39 is 0 Å². The summed E-state index contributed by atoms with van der Waals surface area (Å²) in [5, 5.41) is 1.07. The van der Waals surface area contributed by atoms with Gasteiger partial charge in [0, 0.05) is 43.6 Å². The molecule has 0 spiro atoms. The molecule has 0 atom stereocenters. The molecule has 0 amide bonds. The van der Waals surface area contributed by atoms with Crippen LogP contribution in [0.25, 0.3) is 21.9 Å². The highest BCUT2D eigenvalue weighted by Gasteiger charge is 2.21. The van der Waals surface area contributed by atoms with Crippen LogP contribution in [0.15, 0.2) is 54.9 Å². The maximum absolute atomic E-state index is 5.37. The number of hydrogen-bond acceptors (Lipinski definition) is 5. The van der Waals surface area contributed by atoms with Crippen LogP contribution in [0.3, 0.4) is 0 Å². The lowest BCUT2D eigenvalue weighted by Gasteiger charge is -2.35. The fourth-order valence-electron chi connectivity index (χ4n) is 3.98. The Labute approximate surface area is 163 Å². The molecule has 28 heavy (non-hydrogen) atoms. The third-order valence-electron chi connectivity index (χ3n) is 5.49. The summed E-state index contributed by atoms with van der Waals surface area (Å²) in [5.41, 5.74) is 4.37. The molecule has 1 fully saturated rings. The lowest BCUT2D eigenvalue weighted by atomic mass is 10.2. The van der Waals surface area contributed by atoms with Gasteiger partial charge in [-0.05, 0) is 23.8 Å². The maximum Gasteiger partial charge on any atom is 0.156 e. The molecule has 3 heterocycles. The molecular weight excluding hydrogens is 350 g/mol. The van der Waals surface area contributed by atoms with E-state index in [0.29, 0.717) is 0 Å². The second-order valence-corrected chi connectivity index (χ2v) is 7.21. The molecule has 142 valence electrons. The zero-order valence-corrected chi connectivity index (χ0v) is 15.9. The molecule has 1 saturated heterocycles. The van der Waals surface area contributed by atoms with Crippen molar-refractivity contribution < 1.29 is 4.74 Å². The zero-order chi connectivity index (χ0) is 18.9. The summed E-state index contributed by atoms with van der Waals surface area (Å²) in [6, 6.07) is 16.7. The minimum Gasteiger partial charge on any atom is -0.497 e. The van der Waals surface area contributed by atoms with Crippen molar-refractivity contribution in [1.82, 2.24) is 19.9 Å². The topological polar surface area (TPSA) is 57.3 Å². The number of nitrogens with one attached hydrogen (secondary N) is 1. The van der Waals surface area contributed by atoms with Crippen LogP contribution in [0.4, 0.5) is 5.82 Å². The Balaban J connectivity index is 1.39. The summed E-state index contributed by atoms with van der Waals surface area (Å²) in [7, 11) is 1.69. The highest BCUT2D eigenvalue weighted by Crippen LogP contribution is 2.31. The van der Waals surface area contributed by atoms with Crippen molar-refractivity contribution in [2.45, 2.75) is 6.54 Å². The van der Waals surface area contributed by atoms with E-state index in [1.807, 2.05) is 18.2 Å². The van der Waals surface area contributed by atoms with E-state index in [4.69, 9.17) is 4.74 Å². The number of anilines is 1. The first-order valence-corrected chi connectivity index (χ1v) is 9.63. The number of rotatable bonds is 4. The van der Waals surface area contributed by atoms with Gasteiger partial charge in [-0.15, -0.1) is 0 Å². The summed E-state index contributed by atoms with van der Waals surface area (Å²) in [6.45, 7) is 4.96. The molecule has 2 aromatic carbocycles. The smallest absolute Gasteiger partial charge is 0.156 e.